The van der Waals surface area contributed by atoms with Crippen LogP contribution in [0.15, 0.2) is 35.2 Å². The Kier molecular flexibility index (Phi) is 2.98. The van der Waals surface area contributed by atoms with Gasteiger partial charge in [-0.3, -0.25) is 0 Å². The molecule has 0 saturated heterocycles. The third kappa shape index (κ3) is 2.16. The molecule has 0 saturated carbocycles. The summed E-state index contributed by atoms with van der Waals surface area (Å²) < 4.78 is 28.3. The summed E-state index contributed by atoms with van der Waals surface area (Å²) in [5.74, 6) is 0.0863. The lowest BCUT2D eigenvalue weighted by Crippen LogP contribution is -2.14. The fraction of sp³-hybridized carbons (Fsp3) is 0.167. The van der Waals surface area contributed by atoms with Gasteiger partial charge in [0.2, 0.25) is 4.96 Å². The van der Waals surface area contributed by atoms with E-state index in [1.165, 1.54) is 23.5 Å². The summed E-state index contributed by atoms with van der Waals surface area (Å²) in [5, 5.41) is 4.17. The van der Waals surface area contributed by atoms with Gasteiger partial charge in [-0.2, -0.15) is 4.98 Å². The Balaban J connectivity index is 1.97. The molecule has 0 aliphatic carbocycles. The Labute approximate surface area is 120 Å². The van der Waals surface area contributed by atoms with Gasteiger partial charge in [-0.25, -0.2) is 17.7 Å². The van der Waals surface area contributed by atoms with Gasteiger partial charge in [0.25, 0.3) is 16.0 Å². The molecule has 6 nitrogen and oxygen atoms in total. The zero-order valence-corrected chi connectivity index (χ0v) is 12.5. The Morgan fingerprint density at radius 2 is 1.90 bits per heavy atom. The Hall–Kier alpha value is -1.93. The molecule has 1 N–H and O–H groups in total. The topological polar surface area (TPSA) is 76.4 Å². The van der Waals surface area contributed by atoms with Crippen molar-refractivity contribution in [2.75, 3.05) is 4.72 Å². The maximum atomic E-state index is 12.2. The van der Waals surface area contributed by atoms with Crippen molar-refractivity contribution in [2.24, 2.45) is 0 Å². The van der Waals surface area contributed by atoms with E-state index < -0.39 is 10.0 Å². The number of nitrogens with one attached hydrogen (secondary N) is 1. The fourth-order valence-corrected chi connectivity index (χ4v) is 3.63. The molecule has 104 valence electrons. The van der Waals surface area contributed by atoms with Crippen LogP contribution in [-0.4, -0.2) is 23.0 Å². The maximum Gasteiger partial charge on any atom is 0.264 e. The van der Waals surface area contributed by atoms with Gasteiger partial charge in [-0.15, -0.1) is 5.10 Å². The molecule has 0 aliphatic heterocycles. The number of anilines is 1. The molecule has 0 atom stereocenters. The summed E-state index contributed by atoms with van der Waals surface area (Å²) in [7, 11) is -3.65. The van der Waals surface area contributed by atoms with Gasteiger partial charge < -0.3 is 0 Å². The lowest BCUT2D eigenvalue weighted by atomic mass is 10.4. The second-order valence-electron chi connectivity index (χ2n) is 4.29. The number of rotatable bonds is 3. The van der Waals surface area contributed by atoms with Crippen molar-refractivity contribution >= 4 is 32.3 Å². The summed E-state index contributed by atoms with van der Waals surface area (Å²) in [6.45, 7) is 3.90. The minimum atomic E-state index is -3.65. The van der Waals surface area contributed by atoms with Crippen LogP contribution in [0.3, 0.4) is 0 Å². The van der Waals surface area contributed by atoms with E-state index in [4.69, 9.17) is 0 Å². The van der Waals surface area contributed by atoms with Gasteiger partial charge in [0.1, 0.15) is 0 Å². The van der Waals surface area contributed by atoms with Gasteiger partial charge in [0.15, 0.2) is 0 Å². The summed E-state index contributed by atoms with van der Waals surface area (Å²) >= 11 is 1.48. The van der Waals surface area contributed by atoms with E-state index >= 15 is 0 Å². The SMILES string of the molecule is Cc1sc2nc(NS(=O)(=O)c3ccccc3)nn2c1C. The van der Waals surface area contributed by atoms with Crippen LogP contribution in [-0.2, 0) is 10.0 Å². The molecule has 20 heavy (non-hydrogen) atoms. The summed E-state index contributed by atoms with van der Waals surface area (Å²) in [5.41, 5.74) is 0.961. The molecule has 0 amide bonds. The molecule has 8 heteroatoms. The molecule has 0 aliphatic rings. The predicted molar refractivity (Wildman–Crippen MR) is 77.6 cm³/mol. The van der Waals surface area contributed by atoms with Crippen molar-refractivity contribution in [1.29, 1.82) is 0 Å². The molecular weight excluding hydrogens is 296 g/mol. The number of sulfonamides is 1. The number of nitrogens with zero attached hydrogens (tertiary/aromatic N) is 3. The van der Waals surface area contributed by atoms with Gasteiger partial charge in [0.05, 0.1) is 10.6 Å². The fourth-order valence-electron chi connectivity index (χ4n) is 1.76. The van der Waals surface area contributed by atoms with E-state index in [9.17, 15) is 8.42 Å². The number of hydrogen-bond donors (Lipinski definition) is 1. The first-order valence-electron chi connectivity index (χ1n) is 5.88. The van der Waals surface area contributed by atoms with Crippen LogP contribution in [0.25, 0.3) is 4.96 Å². The van der Waals surface area contributed by atoms with Crippen LogP contribution in [0.2, 0.25) is 0 Å². The van der Waals surface area contributed by atoms with E-state index in [1.807, 2.05) is 13.8 Å². The van der Waals surface area contributed by atoms with E-state index in [0.717, 1.165) is 10.6 Å². The third-order valence-electron chi connectivity index (χ3n) is 2.93. The predicted octanol–water partition coefficient (Wildman–Crippen LogP) is 2.21. The number of hydrogen-bond acceptors (Lipinski definition) is 5. The molecular formula is C12H12N4O2S2. The Bertz CT molecular complexity index is 866. The lowest BCUT2D eigenvalue weighted by molar-refractivity contribution is 0.601. The van der Waals surface area contributed by atoms with Crippen molar-refractivity contribution in [1.82, 2.24) is 14.6 Å². The summed E-state index contributed by atoms with van der Waals surface area (Å²) in [6.07, 6.45) is 0. The van der Waals surface area contributed by atoms with Crippen LogP contribution >= 0.6 is 11.3 Å². The van der Waals surface area contributed by atoms with Crippen LogP contribution in [0.4, 0.5) is 5.95 Å². The van der Waals surface area contributed by atoms with Crippen molar-refractivity contribution < 1.29 is 8.42 Å². The van der Waals surface area contributed by atoms with Crippen LogP contribution in [0.5, 0.6) is 0 Å². The number of benzene rings is 1. The molecule has 3 aromatic rings. The van der Waals surface area contributed by atoms with E-state index in [-0.39, 0.29) is 10.8 Å². The lowest BCUT2D eigenvalue weighted by Gasteiger charge is -2.03. The van der Waals surface area contributed by atoms with Gasteiger partial charge >= 0.3 is 0 Å². The highest BCUT2D eigenvalue weighted by atomic mass is 32.2. The smallest absolute Gasteiger partial charge is 0.246 e. The van der Waals surface area contributed by atoms with E-state index in [1.54, 1.807) is 22.7 Å². The second-order valence-corrected chi connectivity index (χ2v) is 7.16. The molecule has 3 rings (SSSR count). The normalized spacial score (nSPS) is 11.9. The Morgan fingerprint density at radius 3 is 2.55 bits per heavy atom. The molecule has 2 aromatic heterocycles. The Morgan fingerprint density at radius 1 is 1.20 bits per heavy atom. The molecule has 0 unspecified atom stereocenters. The minimum absolute atomic E-state index is 0.0863. The highest BCUT2D eigenvalue weighted by Gasteiger charge is 2.18. The number of fused-ring (bicyclic) bond motifs is 1. The van der Waals surface area contributed by atoms with Crippen LogP contribution < -0.4 is 4.72 Å². The monoisotopic (exact) mass is 308 g/mol. The average molecular weight is 308 g/mol. The minimum Gasteiger partial charge on any atom is -0.246 e. The number of aryl methyl sites for hydroxylation is 2. The first-order valence-corrected chi connectivity index (χ1v) is 8.18. The largest absolute Gasteiger partial charge is 0.264 e. The van der Waals surface area contributed by atoms with Crippen molar-refractivity contribution in [3.8, 4) is 0 Å². The molecule has 0 radical (unpaired) electrons. The zero-order valence-electron chi connectivity index (χ0n) is 10.9. The van der Waals surface area contributed by atoms with Crippen LogP contribution in [0.1, 0.15) is 10.6 Å². The molecule has 1 aromatic carbocycles. The summed E-state index contributed by atoms with van der Waals surface area (Å²) in [6, 6.07) is 8.14. The van der Waals surface area contributed by atoms with Crippen molar-refractivity contribution in [2.45, 2.75) is 18.7 Å². The maximum absolute atomic E-state index is 12.2. The second kappa shape index (κ2) is 4.57. The number of thiazole rings is 1. The van der Waals surface area contributed by atoms with Crippen molar-refractivity contribution in [3.63, 3.8) is 0 Å². The molecule has 0 bridgehead atoms. The zero-order chi connectivity index (χ0) is 14.3. The van der Waals surface area contributed by atoms with Crippen molar-refractivity contribution in [3.05, 3.63) is 40.9 Å². The molecule has 2 heterocycles. The first kappa shape index (κ1) is 13.1. The van der Waals surface area contributed by atoms with E-state index in [2.05, 4.69) is 14.8 Å². The highest BCUT2D eigenvalue weighted by molar-refractivity contribution is 7.92. The highest BCUT2D eigenvalue weighted by Crippen LogP contribution is 2.22. The average Bonchev–Trinajstić information content (AvgIpc) is 2.90. The van der Waals surface area contributed by atoms with E-state index in [0.29, 0.717) is 4.96 Å². The van der Waals surface area contributed by atoms with Gasteiger partial charge in [-0.1, -0.05) is 29.5 Å². The quantitative estimate of drug-likeness (QED) is 0.805. The molecule has 0 fully saturated rings. The standard InChI is InChI=1S/C12H12N4O2S2/c1-8-9(2)19-12-13-11(14-16(8)12)15-20(17,18)10-6-4-3-5-7-10/h3-7H,1-2H3,(H,14,15). The van der Waals surface area contributed by atoms with Gasteiger partial charge in [-0.05, 0) is 26.0 Å². The third-order valence-corrected chi connectivity index (χ3v) is 5.32. The number of aromatic nitrogens is 3. The first-order chi connectivity index (χ1) is 9.47. The molecule has 0 spiro atoms. The summed E-state index contributed by atoms with van der Waals surface area (Å²) in [4.78, 5) is 6.15. The van der Waals surface area contributed by atoms with Gasteiger partial charge in [0, 0.05) is 4.88 Å². The van der Waals surface area contributed by atoms with Crippen LogP contribution in [0, 0.1) is 13.8 Å².